The van der Waals surface area contributed by atoms with E-state index in [-0.39, 0.29) is 5.91 Å². The summed E-state index contributed by atoms with van der Waals surface area (Å²) in [7, 11) is 1.64. The minimum absolute atomic E-state index is 0.150. The van der Waals surface area contributed by atoms with Crippen molar-refractivity contribution >= 4 is 5.91 Å². The maximum absolute atomic E-state index is 12.0. The second-order valence-corrected chi connectivity index (χ2v) is 5.97. The van der Waals surface area contributed by atoms with E-state index in [4.69, 9.17) is 9.47 Å². The van der Waals surface area contributed by atoms with E-state index in [1.807, 2.05) is 18.2 Å². The van der Waals surface area contributed by atoms with Gasteiger partial charge in [-0.25, -0.2) is 0 Å². The molecule has 1 aromatic carbocycles. The number of amides is 1. The SMILES string of the molecule is CCCOc1ccc(CNC(=O)CC2CCCC2)cc1OC. The molecule has 2 rings (SSSR count). The van der Waals surface area contributed by atoms with E-state index >= 15 is 0 Å². The number of hydrogen-bond acceptors (Lipinski definition) is 3. The van der Waals surface area contributed by atoms with Crippen LogP contribution >= 0.6 is 0 Å². The van der Waals surface area contributed by atoms with Gasteiger partial charge in [0.05, 0.1) is 13.7 Å². The minimum Gasteiger partial charge on any atom is -0.493 e. The number of rotatable bonds is 8. The summed E-state index contributed by atoms with van der Waals surface area (Å²) in [5.74, 6) is 2.21. The standard InChI is InChI=1S/C18H27NO3/c1-3-10-22-16-9-8-15(11-17(16)21-2)13-19-18(20)12-14-6-4-5-7-14/h8-9,11,14H,3-7,10,12-13H2,1-2H3,(H,19,20). The van der Waals surface area contributed by atoms with Crippen LogP contribution in [0.15, 0.2) is 18.2 Å². The molecule has 0 aromatic heterocycles. The molecule has 0 radical (unpaired) electrons. The molecule has 1 aliphatic rings. The lowest BCUT2D eigenvalue weighted by Crippen LogP contribution is -2.24. The highest BCUT2D eigenvalue weighted by atomic mass is 16.5. The van der Waals surface area contributed by atoms with Gasteiger partial charge in [0.2, 0.25) is 5.91 Å². The summed E-state index contributed by atoms with van der Waals surface area (Å²) in [6.45, 7) is 3.28. The highest BCUT2D eigenvalue weighted by Gasteiger charge is 2.18. The molecule has 1 saturated carbocycles. The fraction of sp³-hybridized carbons (Fsp3) is 0.611. The molecule has 1 amide bonds. The van der Waals surface area contributed by atoms with Crippen LogP contribution in [0.4, 0.5) is 0 Å². The number of hydrogen-bond donors (Lipinski definition) is 1. The zero-order valence-corrected chi connectivity index (χ0v) is 13.7. The topological polar surface area (TPSA) is 47.6 Å². The molecule has 22 heavy (non-hydrogen) atoms. The molecular weight excluding hydrogens is 278 g/mol. The van der Waals surface area contributed by atoms with Gasteiger partial charge in [0.25, 0.3) is 0 Å². The summed E-state index contributed by atoms with van der Waals surface area (Å²) in [6, 6.07) is 5.82. The van der Waals surface area contributed by atoms with Crippen LogP contribution in [0.25, 0.3) is 0 Å². The fourth-order valence-electron chi connectivity index (χ4n) is 2.90. The third-order valence-electron chi connectivity index (χ3n) is 4.13. The molecule has 1 N–H and O–H groups in total. The van der Waals surface area contributed by atoms with Crippen molar-refractivity contribution in [3.63, 3.8) is 0 Å². The van der Waals surface area contributed by atoms with Crippen LogP contribution in [-0.4, -0.2) is 19.6 Å². The van der Waals surface area contributed by atoms with Crippen LogP contribution in [0.5, 0.6) is 11.5 Å². The number of ether oxygens (including phenoxy) is 2. The summed E-state index contributed by atoms with van der Waals surface area (Å²) < 4.78 is 11.0. The van der Waals surface area contributed by atoms with Crippen molar-refractivity contribution in [1.29, 1.82) is 0 Å². The van der Waals surface area contributed by atoms with Gasteiger partial charge in [-0.2, -0.15) is 0 Å². The van der Waals surface area contributed by atoms with Crippen molar-refractivity contribution in [2.45, 2.75) is 52.0 Å². The predicted octanol–water partition coefficient (Wildman–Crippen LogP) is 3.68. The van der Waals surface area contributed by atoms with Gasteiger partial charge in [0.15, 0.2) is 11.5 Å². The first-order chi connectivity index (χ1) is 10.7. The maximum Gasteiger partial charge on any atom is 0.220 e. The second-order valence-electron chi connectivity index (χ2n) is 5.97. The van der Waals surface area contributed by atoms with Gasteiger partial charge in [-0.05, 0) is 42.9 Å². The monoisotopic (exact) mass is 305 g/mol. The maximum atomic E-state index is 12.0. The van der Waals surface area contributed by atoms with Crippen LogP contribution in [0.2, 0.25) is 0 Å². The van der Waals surface area contributed by atoms with Gasteiger partial charge in [0, 0.05) is 13.0 Å². The molecule has 4 heteroatoms. The molecule has 0 aliphatic heterocycles. The Hall–Kier alpha value is -1.71. The largest absolute Gasteiger partial charge is 0.493 e. The first-order valence-electron chi connectivity index (χ1n) is 8.29. The van der Waals surface area contributed by atoms with E-state index in [1.165, 1.54) is 25.7 Å². The Morgan fingerprint density at radius 3 is 2.73 bits per heavy atom. The third kappa shape index (κ3) is 4.93. The highest BCUT2D eigenvalue weighted by molar-refractivity contribution is 5.76. The van der Waals surface area contributed by atoms with Gasteiger partial charge in [-0.3, -0.25) is 4.79 Å². The Labute approximate surface area is 133 Å². The quantitative estimate of drug-likeness (QED) is 0.797. The number of benzene rings is 1. The third-order valence-corrected chi connectivity index (χ3v) is 4.13. The molecule has 0 unspecified atom stereocenters. The van der Waals surface area contributed by atoms with Crippen LogP contribution in [0, 0.1) is 5.92 Å². The molecule has 0 spiro atoms. The minimum atomic E-state index is 0.150. The zero-order chi connectivity index (χ0) is 15.8. The van der Waals surface area contributed by atoms with Crippen molar-refractivity contribution in [3.8, 4) is 11.5 Å². The number of carbonyl (C=O) groups is 1. The van der Waals surface area contributed by atoms with Crippen molar-refractivity contribution in [2.24, 2.45) is 5.92 Å². The number of nitrogens with one attached hydrogen (secondary N) is 1. The van der Waals surface area contributed by atoms with Crippen LogP contribution < -0.4 is 14.8 Å². The molecule has 0 saturated heterocycles. The Kier molecular flexibility index (Phi) is 6.56. The van der Waals surface area contributed by atoms with Crippen molar-refractivity contribution in [3.05, 3.63) is 23.8 Å². The molecular formula is C18H27NO3. The van der Waals surface area contributed by atoms with Gasteiger partial charge in [0.1, 0.15) is 0 Å². The van der Waals surface area contributed by atoms with E-state index in [9.17, 15) is 4.79 Å². The summed E-state index contributed by atoms with van der Waals surface area (Å²) in [5.41, 5.74) is 1.03. The molecule has 4 nitrogen and oxygen atoms in total. The molecule has 1 fully saturated rings. The summed E-state index contributed by atoms with van der Waals surface area (Å²) in [5, 5.41) is 3.00. The summed E-state index contributed by atoms with van der Waals surface area (Å²) in [6.07, 6.45) is 6.56. The highest BCUT2D eigenvalue weighted by Crippen LogP contribution is 2.29. The predicted molar refractivity (Wildman–Crippen MR) is 87.2 cm³/mol. The molecule has 0 bridgehead atoms. The Bertz CT molecular complexity index is 481. The Balaban J connectivity index is 1.85. The smallest absolute Gasteiger partial charge is 0.220 e. The van der Waals surface area contributed by atoms with E-state index < -0.39 is 0 Å². The van der Waals surface area contributed by atoms with Gasteiger partial charge in [-0.1, -0.05) is 25.8 Å². The first kappa shape index (κ1) is 16.7. The van der Waals surface area contributed by atoms with Gasteiger partial charge < -0.3 is 14.8 Å². The van der Waals surface area contributed by atoms with E-state index in [0.717, 1.165) is 23.5 Å². The normalized spacial score (nSPS) is 14.8. The Morgan fingerprint density at radius 1 is 1.27 bits per heavy atom. The second kappa shape index (κ2) is 8.66. The lowest BCUT2D eigenvalue weighted by molar-refractivity contribution is -0.122. The summed E-state index contributed by atoms with van der Waals surface area (Å²) in [4.78, 5) is 12.0. The van der Waals surface area contributed by atoms with Crippen molar-refractivity contribution < 1.29 is 14.3 Å². The molecule has 1 aliphatic carbocycles. The van der Waals surface area contributed by atoms with E-state index in [2.05, 4.69) is 12.2 Å². The first-order valence-corrected chi connectivity index (χ1v) is 8.29. The summed E-state index contributed by atoms with van der Waals surface area (Å²) >= 11 is 0. The molecule has 0 atom stereocenters. The van der Waals surface area contributed by atoms with E-state index in [0.29, 0.717) is 25.5 Å². The van der Waals surface area contributed by atoms with Crippen molar-refractivity contribution in [1.82, 2.24) is 5.32 Å². The lowest BCUT2D eigenvalue weighted by atomic mass is 10.0. The van der Waals surface area contributed by atoms with Crippen LogP contribution in [0.1, 0.15) is 51.0 Å². The Morgan fingerprint density at radius 2 is 2.05 bits per heavy atom. The zero-order valence-electron chi connectivity index (χ0n) is 13.7. The molecule has 0 heterocycles. The molecule has 1 aromatic rings. The average molecular weight is 305 g/mol. The van der Waals surface area contributed by atoms with Gasteiger partial charge in [-0.15, -0.1) is 0 Å². The molecule has 122 valence electrons. The van der Waals surface area contributed by atoms with E-state index in [1.54, 1.807) is 7.11 Å². The fourth-order valence-corrected chi connectivity index (χ4v) is 2.90. The van der Waals surface area contributed by atoms with Crippen molar-refractivity contribution in [2.75, 3.05) is 13.7 Å². The lowest BCUT2D eigenvalue weighted by Gasteiger charge is -2.13. The number of carbonyl (C=O) groups excluding carboxylic acids is 1. The average Bonchev–Trinajstić information content (AvgIpc) is 3.04. The van der Waals surface area contributed by atoms with Crippen LogP contribution in [-0.2, 0) is 11.3 Å². The van der Waals surface area contributed by atoms with Crippen LogP contribution in [0.3, 0.4) is 0 Å². The number of methoxy groups -OCH3 is 1. The van der Waals surface area contributed by atoms with Gasteiger partial charge >= 0.3 is 0 Å².